The number of likely N-dealkylation sites (tertiary alicyclic amines) is 1. The van der Waals surface area contributed by atoms with Crippen molar-refractivity contribution < 1.29 is 9.53 Å². The number of ether oxygens (including phenoxy) is 1. The molecular weight excluding hydrogens is 206 g/mol. The fourth-order valence-corrected chi connectivity index (χ4v) is 1.98. The summed E-state index contributed by atoms with van der Waals surface area (Å²) in [5, 5.41) is 4.13. The maximum absolute atomic E-state index is 11.3. The van der Waals surface area contributed by atoms with Crippen LogP contribution in [0.2, 0.25) is 0 Å². The molecule has 1 unspecified atom stereocenters. The van der Waals surface area contributed by atoms with Crippen molar-refractivity contribution in [1.82, 2.24) is 14.7 Å². The summed E-state index contributed by atoms with van der Waals surface area (Å²) in [4.78, 5) is 13.5. The van der Waals surface area contributed by atoms with E-state index in [-0.39, 0.29) is 12.0 Å². The first kappa shape index (κ1) is 11.1. The molecule has 1 fully saturated rings. The van der Waals surface area contributed by atoms with Crippen molar-refractivity contribution in [3.63, 3.8) is 0 Å². The van der Waals surface area contributed by atoms with Gasteiger partial charge in [0.05, 0.1) is 7.11 Å². The average molecular weight is 223 g/mol. The third kappa shape index (κ3) is 2.41. The Hall–Kier alpha value is -1.36. The second kappa shape index (κ2) is 5.12. The second-order valence-electron chi connectivity index (χ2n) is 3.99. The highest BCUT2D eigenvalue weighted by molar-refractivity contribution is 5.76. The van der Waals surface area contributed by atoms with E-state index >= 15 is 0 Å². The Bertz CT molecular complexity index is 337. The molecule has 1 aromatic heterocycles. The molecule has 0 N–H and O–H groups in total. The number of carbonyl (C=O) groups is 1. The van der Waals surface area contributed by atoms with Crippen LogP contribution in [0.1, 0.15) is 12.8 Å². The van der Waals surface area contributed by atoms with E-state index in [0.29, 0.717) is 0 Å². The van der Waals surface area contributed by atoms with Gasteiger partial charge in [-0.2, -0.15) is 5.10 Å². The van der Waals surface area contributed by atoms with E-state index in [1.807, 2.05) is 16.9 Å². The second-order valence-corrected chi connectivity index (χ2v) is 3.99. The highest BCUT2D eigenvalue weighted by Gasteiger charge is 2.34. The summed E-state index contributed by atoms with van der Waals surface area (Å²) >= 11 is 0. The lowest BCUT2D eigenvalue weighted by molar-refractivity contribution is -0.151. The maximum atomic E-state index is 11.3. The standard InChI is InChI=1S/C11H17N3O2/c1-16-11(15)10-4-9-13(10)6-3-8-14-7-2-5-12-14/h2,5,7,10H,3-4,6,8-9H2,1H3. The molecule has 1 aromatic rings. The lowest BCUT2D eigenvalue weighted by atomic mass is 10.0. The average Bonchev–Trinajstić information content (AvgIpc) is 2.75. The lowest BCUT2D eigenvalue weighted by Gasteiger charge is -2.38. The summed E-state index contributed by atoms with van der Waals surface area (Å²) in [5.41, 5.74) is 0. The molecule has 0 aromatic carbocycles. The van der Waals surface area contributed by atoms with Crippen molar-refractivity contribution in [1.29, 1.82) is 0 Å². The highest BCUT2D eigenvalue weighted by Crippen LogP contribution is 2.18. The molecule has 2 rings (SSSR count). The summed E-state index contributed by atoms with van der Waals surface area (Å²) in [7, 11) is 1.45. The monoisotopic (exact) mass is 223 g/mol. The molecule has 2 heterocycles. The molecule has 1 aliphatic heterocycles. The SMILES string of the molecule is COC(=O)C1CCN1CCCn1cccn1. The normalized spacial score (nSPS) is 20.4. The summed E-state index contributed by atoms with van der Waals surface area (Å²) in [6, 6.07) is 1.91. The van der Waals surface area contributed by atoms with Gasteiger partial charge in [0.15, 0.2) is 0 Å². The van der Waals surface area contributed by atoms with E-state index in [9.17, 15) is 4.79 Å². The minimum Gasteiger partial charge on any atom is -0.468 e. The van der Waals surface area contributed by atoms with Gasteiger partial charge in [0, 0.05) is 32.0 Å². The first-order valence-electron chi connectivity index (χ1n) is 5.60. The Morgan fingerprint density at radius 1 is 1.56 bits per heavy atom. The Morgan fingerprint density at radius 2 is 2.44 bits per heavy atom. The van der Waals surface area contributed by atoms with Crippen LogP contribution in [-0.4, -0.2) is 46.9 Å². The van der Waals surface area contributed by atoms with Gasteiger partial charge >= 0.3 is 5.97 Å². The van der Waals surface area contributed by atoms with Crippen molar-refractivity contribution in [3.05, 3.63) is 18.5 Å². The molecule has 1 atom stereocenters. The predicted molar refractivity (Wildman–Crippen MR) is 58.8 cm³/mol. The lowest BCUT2D eigenvalue weighted by Crippen LogP contribution is -2.53. The molecule has 0 amide bonds. The molecule has 0 radical (unpaired) electrons. The van der Waals surface area contributed by atoms with Crippen LogP contribution in [0.3, 0.4) is 0 Å². The van der Waals surface area contributed by atoms with Crippen LogP contribution in [0.4, 0.5) is 0 Å². The minimum absolute atomic E-state index is 0.0115. The van der Waals surface area contributed by atoms with Crippen LogP contribution in [0.15, 0.2) is 18.5 Å². The molecule has 5 heteroatoms. The Balaban J connectivity index is 1.69. The topological polar surface area (TPSA) is 47.4 Å². The van der Waals surface area contributed by atoms with Gasteiger partial charge in [-0.25, -0.2) is 0 Å². The van der Waals surface area contributed by atoms with Crippen molar-refractivity contribution in [2.75, 3.05) is 20.2 Å². The van der Waals surface area contributed by atoms with Crippen molar-refractivity contribution in [2.24, 2.45) is 0 Å². The van der Waals surface area contributed by atoms with Crippen LogP contribution in [0.5, 0.6) is 0 Å². The molecule has 1 saturated heterocycles. The van der Waals surface area contributed by atoms with Gasteiger partial charge in [0.25, 0.3) is 0 Å². The van der Waals surface area contributed by atoms with E-state index in [1.165, 1.54) is 7.11 Å². The summed E-state index contributed by atoms with van der Waals surface area (Å²) < 4.78 is 6.65. The smallest absolute Gasteiger partial charge is 0.323 e. The van der Waals surface area contributed by atoms with Gasteiger partial charge in [0.2, 0.25) is 0 Å². The Morgan fingerprint density at radius 3 is 3.00 bits per heavy atom. The van der Waals surface area contributed by atoms with Crippen molar-refractivity contribution >= 4 is 5.97 Å². The third-order valence-electron chi connectivity index (χ3n) is 3.00. The maximum Gasteiger partial charge on any atom is 0.323 e. The summed E-state index contributed by atoms with van der Waals surface area (Å²) in [6.45, 7) is 2.83. The van der Waals surface area contributed by atoms with Gasteiger partial charge in [-0.3, -0.25) is 14.4 Å². The Labute approximate surface area is 95.0 Å². The first-order valence-corrected chi connectivity index (χ1v) is 5.60. The number of hydrogen-bond donors (Lipinski definition) is 0. The molecule has 0 aliphatic carbocycles. The van der Waals surface area contributed by atoms with Crippen LogP contribution < -0.4 is 0 Å². The van der Waals surface area contributed by atoms with Gasteiger partial charge in [0.1, 0.15) is 6.04 Å². The van der Waals surface area contributed by atoms with Gasteiger partial charge < -0.3 is 4.74 Å². The van der Waals surface area contributed by atoms with E-state index < -0.39 is 0 Å². The number of aryl methyl sites for hydroxylation is 1. The predicted octanol–water partition coefficient (Wildman–Crippen LogP) is 0.520. The minimum atomic E-state index is -0.106. The van der Waals surface area contributed by atoms with Gasteiger partial charge in [-0.15, -0.1) is 0 Å². The van der Waals surface area contributed by atoms with Crippen LogP contribution in [0, 0.1) is 0 Å². The molecule has 5 nitrogen and oxygen atoms in total. The molecule has 0 bridgehead atoms. The third-order valence-corrected chi connectivity index (χ3v) is 3.00. The van der Waals surface area contributed by atoms with Gasteiger partial charge in [-0.1, -0.05) is 0 Å². The summed E-state index contributed by atoms with van der Waals surface area (Å²) in [6.07, 6.45) is 5.67. The highest BCUT2D eigenvalue weighted by atomic mass is 16.5. The van der Waals surface area contributed by atoms with Crippen molar-refractivity contribution in [2.45, 2.75) is 25.4 Å². The number of esters is 1. The number of hydrogen-bond acceptors (Lipinski definition) is 4. The first-order chi connectivity index (χ1) is 7.81. The van der Waals surface area contributed by atoms with Crippen molar-refractivity contribution in [3.8, 4) is 0 Å². The zero-order chi connectivity index (χ0) is 11.4. The van der Waals surface area contributed by atoms with Crippen LogP contribution in [0.25, 0.3) is 0 Å². The quantitative estimate of drug-likeness (QED) is 0.683. The molecule has 16 heavy (non-hydrogen) atoms. The zero-order valence-corrected chi connectivity index (χ0v) is 9.50. The molecule has 88 valence electrons. The number of methoxy groups -OCH3 is 1. The fraction of sp³-hybridized carbons (Fsp3) is 0.636. The largest absolute Gasteiger partial charge is 0.468 e. The number of rotatable bonds is 5. The number of nitrogens with zero attached hydrogens (tertiary/aromatic N) is 3. The fourth-order valence-electron chi connectivity index (χ4n) is 1.98. The van der Waals surface area contributed by atoms with E-state index in [1.54, 1.807) is 6.20 Å². The van der Waals surface area contributed by atoms with E-state index in [0.717, 1.165) is 32.5 Å². The molecule has 0 spiro atoms. The zero-order valence-electron chi connectivity index (χ0n) is 9.50. The van der Waals surface area contributed by atoms with Gasteiger partial charge in [-0.05, 0) is 18.9 Å². The number of aromatic nitrogens is 2. The summed E-state index contributed by atoms with van der Waals surface area (Å²) in [5.74, 6) is -0.106. The number of carbonyl (C=O) groups excluding carboxylic acids is 1. The Kier molecular flexibility index (Phi) is 3.56. The molecule has 1 aliphatic rings. The molecule has 0 saturated carbocycles. The van der Waals surface area contributed by atoms with Crippen LogP contribution >= 0.6 is 0 Å². The van der Waals surface area contributed by atoms with E-state index in [4.69, 9.17) is 4.74 Å². The van der Waals surface area contributed by atoms with E-state index in [2.05, 4.69) is 10.00 Å². The molecular formula is C11H17N3O2. The van der Waals surface area contributed by atoms with Crippen LogP contribution in [-0.2, 0) is 16.1 Å².